The largest absolute Gasteiger partial charge is 0.486 e. The van der Waals surface area contributed by atoms with E-state index in [4.69, 9.17) is 14.6 Å². The summed E-state index contributed by atoms with van der Waals surface area (Å²) >= 11 is 0. The lowest BCUT2D eigenvalue weighted by Crippen LogP contribution is -2.49. The number of fused-ring (bicyclic) bond motifs is 2. The van der Waals surface area contributed by atoms with Gasteiger partial charge in [0.15, 0.2) is 11.5 Å². The molecule has 1 saturated carbocycles. The molecule has 2 aromatic carbocycles. The van der Waals surface area contributed by atoms with Gasteiger partial charge in [0, 0.05) is 18.7 Å². The molecule has 2 heterocycles. The van der Waals surface area contributed by atoms with E-state index in [1.54, 1.807) is 18.2 Å². The highest BCUT2D eigenvalue weighted by molar-refractivity contribution is 7.89. The lowest BCUT2D eigenvalue weighted by Gasteiger charge is -2.33. The molecule has 10 nitrogen and oxygen atoms in total. The van der Waals surface area contributed by atoms with Crippen molar-refractivity contribution in [2.45, 2.75) is 60.4 Å². The Kier molecular flexibility index (Phi) is 7.18. The molecule has 5 rings (SSSR count). The van der Waals surface area contributed by atoms with Gasteiger partial charge in [-0.25, -0.2) is 22.0 Å². The van der Waals surface area contributed by atoms with E-state index in [1.807, 2.05) is 0 Å². The van der Waals surface area contributed by atoms with E-state index in [0.29, 0.717) is 37.6 Å². The minimum Gasteiger partial charge on any atom is -0.486 e. The van der Waals surface area contributed by atoms with Crippen LogP contribution in [0.3, 0.4) is 0 Å². The molecule has 3 aliphatic rings. The summed E-state index contributed by atoms with van der Waals surface area (Å²) in [6, 6.07) is 9.74. The number of primary sulfonamides is 1. The first-order valence-corrected chi connectivity index (χ1v) is 15.5. The zero-order chi connectivity index (χ0) is 26.2. The number of sulfonamides is 2. The van der Waals surface area contributed by atoms with Crippen molar-refractivity contribution in [3.05, 3.63) is 48.0 Å². The average molecular weight is 550 g/mol. The average Bonchev–Trinajstić information content (AvgIpc) is 3.29. The van der Waals surface area contributed by atoms with E-state index >= 15 is 0 Å². The first-order chi connectivity index (χ1) is 17.6. The monoisotopic (exact) mass is 549 g/mol. The summed E-state index contributed by atoms with van der Waals surface area (Å²) in [6.07, 6.45) is 4.54. The first kappa shape index (κ1) is 26.0. The molecule has 0 radical (unpaired) electrons. The molecule has 1 amide bonds. The van der Waals surface area contributed by atoms with Crippen LogP contribution in [0, 0.1) is 5.92 Å². The molecule has 2 aliphatic heterocycles. The van der Waals surface area contributed by atoms with Crippen molar-refractivity contribution in [1.82, 2.24) is 9.62 Å². The molecule has 3 atom stereocenters. The van der Waals surface area contributed by atoms with Crippen LogP contribution in [-0.2, 0) is 31.3 Å². The molecule has 0 aromatic heterocycles. The maximum Gasteiger partial charge on any atom is 0.244 e. The summed E-state index contributed by atoms with van der Waals surface area (Å²) in [7, 11) is -7.73. The van der Waals surface area contributed by atoms with Gasteiger partial charge in [-0.2, -0.15) is 4.31 Å². The molecule has 2 aromatic rings. The zero-order valence-corrected chi connectivity index (χ0v) is 22.0. The minimum absolute atomic E-state index is 0.0221. The standard InChI is InChI=1S/C25H31N3O7S2/c26-36(30,31)19-7-5-17(6-8-19)11-12-27-25(29)22-15-18-3-1-2-4-21(18)28(22)37(32,33)20-9-10-23-24(16-20)35-14-13-34-23/h5-10,16,18,21-22H,1-4,11-15H2,(H,27,29)(H2,26,30,31)/t18-,21-,22+/m1/s1. The number of ether oxygens (including phenoxy) is 2. The van der Waals surface area contributed by atoms with E-state index in [-0.39, 0.29) is 34.2 Å². The predicted octanol–water partition coefficient (Wildman–Crippen LogP) is 1.79. The van der Waals surface area contributed by atoms with Gasteiger partial charge in [-0.3, -0.25) is 4.79 Å². The third kappa shape index (κ3) is 5.33. The van der Waals surface area contributed by atoms with Gasteiger partial charge < -0.3 is 14.8 Å². The van der Waals surface area contributed by atoms with E-state index in [0.717, 1.165) is 31.2 Å². The van der Waals surface area contributed by atoms with Gasteiger partial charge in [-0.05, 0) is 61.4 Å². The maximum absolute atomic E-state index is 13.9. The van der Waals surface area contributed by atoms with Crippen LogP contribution in [0.15, 0.2) is 52.3 Å². The fourth-order valence-corrected chi connectivity index (χ4v) is 7.99. The summed E-state index contributed by atoms with van der Waals surface area (Å²) < 4.78 is 63.2. The van der Waals surface area contributed by atoms with E-state index in [2.05, 4.69) is 5.32 Å². The number of nitrogens with zero attached hydrogens (tertiary/aromatic N) is 1. The SMILES string of the molecule is NS(=O)(=O)c1ccc(CCNC(=O)[C@@H]2C[C@H]3CCCC[C@H]3N2S(=O)(=O)c2ccc3c(c2)OCCO3)cc1. The van der Waals surface area contributed by atoms with E-state index in [9.17, 15) is 21.6 Å². The summed E-state index contributed by atoms with van der Waals surface area (Å²) in [5, 5.41) is 8.04. The number of hydrogen-bond donors (Lipinski definition) is 2. The van der Waals surface area contributed by atoms with Gasteiger partial charge in [0.05, 0.1) is 9.79 Å². The highest BCUT2D eigenvalue weighted by atomic mass is 32.2. The van der Waals surface area contributed by atoms with Crippen LogP contribution in [0.25, 0.3) is 0 Å². The smallest absolute Gasteiger partial charge is 0.244 e. The first-order valence-electron chi connectivity index (χ1n) is 12.5. The molecule has 12 heteroatoms. The van der Waals surface area contributed by atoms with E-state index in [1.165, 1.54) is 28.6 Å². The number of hydrogen-bond acceptors (Lipinski definition) is 7. The minimum atomic E-state index is -3.96. The normalized spacial score (nSPS) is 23.9. The lowest BCUT2D eigenvalue weighted by atomic mass is 9.85. The van der Waals surface area contributed by atoms with Crippen molar-refractivity contribution >= 4 is 26.0 Å². The second-order valence-corrected chi connectivity index (χ2v) is 13.1. The van der Waals surface area contributed by atoms with Gasteiger partial charge in [0.1, 0.15) is 19.3 Å². The molecule has 3 N–H and O–H groups in total. The van der Waals surface area contributed by atoms with Crippen LogP contribution >= 0.6 is 0 Å². The molecule has 0 bridgehead atoms. The second-order valence-electron chi connectivity index (χ2n) is 9.73. The van der Waals surface area contributed by atoms with Crippen LogP contribution in [0.1, 0.15) is 37.7 Å². The third-order valence-electron chi connectivity index (χ3n) is 7.39. The third-order valence-corrected chi connectivity index (χ3v) is 10.2. The fraction of sp³-hybridized carbons (Fsp3) is 0.480. The van der Waals surface area contributed by atoms with Gasteiger partial charge >= 0.3 is 0 Å². The number of nitrogens with two attached hydrogens (primary N) is 1. The molecule has 1 saturated heterocycles. The van der Waals surface area contributed by atoms with Crippen LogP contribution in [0.5, 0.6) is 11.5 Å². The molecule has 2 fully saturated rings. The van der Waals surface area contributed by atoms with Crippen molar-refractivity contribution in [1.29, 1.82) is 0 Å². The molecule has 0 spiro atoms. The second kappa shape index (κ2) is 10.2. The Morgan fingerprint density at radius 1 is 0.946 bits per heavy atom. The molecule has 200 valence electrons. The lowest BCUT2D eigenvalue weighted by molar-refractivity contribution is -0.124. The Morgan fingerprint density at radius 3 is 2.35 bits per heavy atom. The van der Waals surface area contributed by atoms with E-state index < -0.39 is 26.1 Å². The van der Waals surface area contributed by atoms with Crippen LogP contribution in [0.2, 0.25) is 0 Å². The fourth-order valence-electron chi connectivity index (χ4n) is 5.59. The van der Waals surface area contributed by atoms with Crippen molar-refractivity contribution in [2.75, 3.05) is 19.8 Å². The Morgan fingerprint density at radius 2 is 1.62 bits per heavy atom. The number of nitrogens with one attached hydrogen (secondary N) is 1. The number of amides is 1. The molecule has 0 unspecified atom stereocenters. The molecular formula is C25H31N3O7S2. The predicted molar refractivity (Wildman–Crippen MR) is 135 cm³/mol. The topological polar surface area (TPSA) is 145 Å². The maximum atomic E-state index is 13.9. The summed E-state index contributed by atoms with van der Waals surface area (Å²) in [5.74, 6) is 0.716. The van der Waals surface area contributed by atoms with Gasteiger partial charge in [-0.15, -0.1) is 0 Å². The quantitative estimate of drug-likeness (QED) is 0.536. The number of rotatable bonds is 7. The zero-order valence-electron chi connectivity index (χ0n) is 20.3. The summed E-state index contributed by atoms with van der Waals surface area (Å²) in [6.45, 7) is 1.05. The number of carbonyl (C=O) groups excluding carboxylic acids is 1. The highest BCUT2D eigenvalue weighted by Gasteiger charge is 2.51. The van der Waals surface area contributed by atoms with Crippen molar-refractivity contribution in [3.8, 4) is 11.5 Å². The van der Waals surface area contributed by atoms with Gasteiger partial charge in [-0.1, -0.05) is 25.0 Å². The Balaban J connectivity index is 1.32. The number of carbonyl (C=O) groups is 1. The van der Waals surface area contributed by atoms with Crippen molar-refractivity contribution in [3.63, 3.8) is 0 Å². The Labute approximate surface area is 217 Å². The molecule has 1 aliphatic carbocycles. The van der Waals surface area contributed by atoms with Crippen LogP contribution in [0.4, 0.5) is 0 Å². The van der Waals surface area contributed by atoms with Gasteiger partial charge in [0.2, 0.25) is 26.0 Å². The molecule has 37 heavy (non-hydrogen) atoms. The Bertz CT molecular complexity index is 1380. The number of benzene rings is 2. The highest BCUT2D eigenvalue weighted by Crippen LogP contribution is 2.43. The summed E-state index contributed by atoms with van der Waals surface area (Å²) in [5.41, 5.74) is 0.827. The van der Waals surface area contributed by atoms with Crippen molar-refractivity contribution < 1.29 is 31.1 Å². The van der Waals surface area contributed by atoms with Gasteiger partial charge in [0.25, 0.3) is 0 Å². The summed E-state index contributed by atoms with van der Waals surface area (Å²) in [4.78, 5) is 13.4. The molecular weight excluding hydrogens is 518 g/mol. The van der Waals surface area contributed by atoms with Crippen molar-refractivity contribution in [2.24, 2.45) is 11.1 Å². The van der Waals surface area contributed by atoms with Crippen LogP contribution in [-0.4, -0.2) is 58.9 Å². The Hall–Kier alpha value is -2.67. The van der Waals surface area contributed by atoms with Crippen LogP contribution < -0.4 is 19.9 Å².